The Morgan fingerprint density at radius 1 is 1.14 bits per heavy atom. The van der Waals surface area contributed by atoms with Gasteiger partial charge in [-0.1, -0.05) is 18.2 Å². The number of benzene rings is 2. The molecule has 9 heteroatoms. The van der Waals surface area contributed by atoms with Gasteiger partial charge in [0.25, 0.3) is 17.5 Å². The Morgan fingerprint density at radius 3 is 2.61 bits per heavy atom. The average molecular weight is 381 g/mol. The van der Waals surface area contributed by atoms with E-state index in [1.165, 1.54) is 24.3 Å². The largest absolute Gasteiger partial charge is 0.494 e. The number of anilines is 1. The molecule has 1 aliphatic rings. The van der Waals surface area contributed by atoms with Crippen LogP contribution in [0.4, 0.5) is 16.2 Å². The number of ether oxygens (including phenoxy) is 1. The molecule has 28 heavy (non-hydrogen) atoms. The number of hydrogen-bond donors (Lipinski definition) is 1. The van der Waals surface area contributed by atoms with E-state index in [1.54, 1.807) is 24.3 Å². The van der Waals surface area contributed by atoms with Crippen molar-refractivity contribution in [2.75, 3.05) is 11.5 Å². The summed E-state index contributed by atoms with van der Waals surface area (Å²) in [5.74, 6) is -1.17. The maximum atomic E-state index is 12.8. The number of carbonyl (C=O) groups excluding carboxylic acids is 3. The fourth-order valence-electron chi connectivity index (χ4n) is 2.67. The SMILES string of the molecule is CCOc1cccc(/C=C2\C(=O)NC(=O)N(c3cccc([N+](=O)[O-])c3)C2=O)c1. The highest BCUT2D eigenvalue weighted by molar-refractivity contribution is 6.39. The molecule has 9 nitrogen and oxygen atoms in total. The van der Waals surface area contributed by atoms with E-state index in [9.17, 15) is 24.5 Å². The molecule has 1 N–H and O–H groups in total. The number of rotatable bonds is 5. The van der Waals surface area contributed by atoms with E-state index in [0.717, 1.165) is 6.07 Å². The summed E-state index contributed by atoms with van der Waals surface area (Å²) in [5, 5.41) is 13.0. The van der Waals surface area contributed by atoms with E-state index in [-0.39, 0.29) is 16.9 Å². The van der Waals surface area contributed by atoms with Gasteiger partial charge in [-0.05, 0) is 36.8 Å². The van der Waals surface area contributed by atoms with Crippen molar-refractivity contribution in [3.63, 3.8) is 0 Å². The molecule has 2 aromatic carbocycles. The third-order valence-corrected chi connectivity index (χ3v) is 3.88. The second kappa shape index (κ2) is 7.70. The Labute approximate surface area is 159 Å². The molecule has 1 aliphatic heterocycles. The van der Waals surface area contributed by atoms with E-state index in [4.69, 9.17) is 4.74 Å². The van der Waals surface area contributed by atoms with Crippen LogP contribution in [-0.4, -0.2) is 29.4 Å². The van der Waals surface area contributed by atoms with Gasteiger partial charge in [-0.25, -0.2) is 9.69 Å². The monoisotopic (exact) mass is 381 g/mol. The molecule has 142 valence electrons. The summed E-state index contributed by atoms with van der Waals surface area (Å²) in [6, 6.07) is 10.8. The Kier molecular flexibility index (Phi) is 5.16. The first-order valence-electron chi connectivity index (χ1n) is 8.29. The van der Waals surface area contributed by atoms with Gasteiger partial charge in [0, 0.05) is 12.1 Å². The van der Waals surface area contributed by atoms with Crippen LogP contribution in [0.1, 0.15) is 12.5 Å². The van der Waals surface area contributed by atoms with E-state index < -0.39 is 22.8 Å². The molecule has 0 bridgehead atoms. The van der Waals surface area contributed by atoms with Crippen LogP contribution in [0.25, 0.3) is 6.08 Å². The van der Waals surface area contributed by atoms with Crippen molar-refractivity contribution >= 4 is 35.3 Å². The Balaban J connectivity index is 2.00. The summed E-state index contributed by atoms with van der Waals surface area (Å²) < 4.78 is 5.39. The van der Waals surface area contributed by atoms with Gasteiger partial charge in [0.1, 0.15) is 11.3 Å². The summed E-state index contributed by atoms with van der Waals surface area (Å²) in [6.07, 6.45) is 1.33. The fraction of sp³-hybridized carbons (Fsp3) is 0.105. The minimum atomic E-state index is -0.976. The number of hydrogen-bond acceptors (Lipinski definition) is 6. The van der Waals surface area contributed by atoms with Gasteiger partial charge in [-0.15, -0.1) is 0 Å². The van der Waals surface area contributed by atoms with Gasteiger partial charge in [0.2, 0.25) is 0 Å². The predicted octanol–water partition coefficient (Wildman–Crippen LogP) is 2.66. The van der Waals surface area contributed by atoms with Crippen LogP contribution in [0.3, 0.4) is 0 Å². The summed E-state index contributed by atoms with van der Waals surface area (Å²) >= 11 is 0. The second-order valence-corrected chi connectivity index (χ2v) is 5.74. The first kappa shape index (κ1) is 18.8. The molecule has 0 radical (unpaired) electrons. The van der Waals surface area contributed by atoms with Gasteiger partial charge < -0.3 is 4.74 Å². The number of barbiturate groups is 1. The quantitative estimate of drug-likeness (QED) is 0.368. The number of nitrogens with one attached hydrogen (secondary N) is 1. The smallest absolute Gasteiger partial charge is 0.335 e. The van der Waals surface area contributed by atoms with E-state index >= 15 is 0 Å². The molecule has 4 amide bonds. The summed E-state index contributed by atoms with van der Waals surface area (Å²) in [4.78, 5) is 48.2. The number of carbonyl (C=O) groups is 3. The molecule has 0 atom stereocenters. The molecule has 0 unspecified atom stereocenters. The number of urea groups is 1. The molecule has 1 fully saturated rings. The standard InChI is InChI=1S/C19H15N3O6/c1-2-28-15-8-3-5-12(9-15)10-16-17(23)20-19(25)21(18(16)24)13-6-4-7-14(11-13)22(26)27/h3-11H,2H2,1H3,(H,20,23,25)/b16-10+. The predicted molar refractivity (Wildman–Crippen MR) is 99.7 cm³/mol. The maximum Gasteiger partial charge on any atom is 0.335 e. The number of nitrogens with zero attached hydrogens (tertiary/aromatic N) is 2. The van der Waals surface area contributed by atoms with Gasteiger partial charge in [0.05, 0.1) is 17.2 Å². The zero-order valence-corrected chi connectivity index (χ0v) is 14.7. The number of nitro groups is 1. The number of nitro benzene ring substituents is 1. The van der Waals surface area contributed by atoms with Crippen molar-refractivity contribution in [1.82, 2.24) is 5.32 Å². The highest BCUT2D eigenvalue weighted by Gasteiger charge is 2.37. The fourth-order valence-corrected chi connectivity index (χ4v) is 2.67. The minimum Gasteiger partial charge on any atom is -0.494 e. The third-order valence-electron chi connectivity index (χ3n) is 3.88. The molecule has 1 heterocycles. The lowest BCUT2D eigenvalue weighted by Gasteiger charge is -2.26. The molecular formula is C19H15N3O6. The lowest BCUT2D eigenvalue weighted by molar-refractivity contribution is -0.384. The highest BCUT2D eigenvalue weighted by Crippen LogP contribution is 2.26. The topological polar surface area (TPSA) is 119 Å². The highest BCUT2D eigenvalue weighted by atomic mass is 16.6. The Bertz CT molecular complexity index is 1010. The van der Waals surface area contributed by atoms with Crippen LogP contribution in [0.5, 0.6) is 5.75 Å². The molecule has 0 saturated carbocycles. The molecule has 3 rings (SSSR count). The first-order valence-corrected chi connectivity index (χ1v) is 8.29. The minimum absolute atomic E-state index is 0.0156. The van der Waals surface area contributed by atoms with Crippen LogP contribution in [0, 0.1) is 10.1 Å². The Morgan fingerprint density at radius 2 is 1.89 bits per heavy atom. The lowest BCUT2D eigenvalue weighted by Crippen LogP contribution is -2.54. The molecule has 0 spiro atoms. The van der Waals surface area contributed by atoms with Crippen molar-refractivity contribution < 1.29 is 24.0 Å². The van der Waals surface area contributed by atoms with Gasteiger partial charge in [-0.2, -0.15) is 0 Å². The molecular weight excluding hydrogens is 366 g/mol. The van der Waals surface area contributed by atoms with E-state index in [0.29, 0.717) is 22.8 Å². The lowest BCUT2D eigenvalue weighted by atomic mass is 10.1. The van der Waals surface area contributed by atoms with Gasteiger partial charge in [-0.3, -0.25) is 25.0 Å². The van der Waals surface area contributed by atoms with Crippen molar-refractivity contribution in [1.29, 1.82) is 0 Å². The first-order chi connectivity index (χ1) is 13.4. The van der Waals surface area contributed by atoms with Gasteiger partial charge >= 0.3 is 6.03 Å². The van der Waals surface area contributed by atoms with Crippen LogP contribution in [0.2, 0.25) is 0 Å². The average Bonchev–Trinajstić information content (AvgIpc) is 2.66. The van der Waals surface area contributed by atoms with Crippen molar-refractivity contribution in [3.05, 3.63) is 69.8 Å². The van der Waals surface area contributed by atoms with E-state index in [2.05, 4.69) is 5.32 Å². The molecule has 1 saturated heterocycles. The molecule has 0 aromatic heterocycles. The van der Waals surface area contributed by atoms with Crippen LogP contribution < -0.4 is 15.0 Å². The number of non-ortho nitro benzene ring substituents is 1. The van der Waals surface area contributed by atoms with Crippen LogP contribution in [-0.2, 0) is 9.59 Å². The zero-order valence-electron chi connectivity index (χ0n) is 14.7. The van der Waals surface area contributed by atoms with Crippen molar-refractivity contribution in [2.45, 2.75) is 6.92 Å². The van der Waals surface area contributed by atoms with Gasteiger partial charge in [0.15, 0.2) is 0 Å². The summed E-state index contributed by atoms with van der Waals surface area (Å²) in [7, 11) is 0. The molecule has 0 aliphatic carbocycles. The zero-order chi connectivity index (χ0) is 20.3. The second-order valence-electron chi connectivity index (χ2n) is 5.74. The van der Waals surface area contributed by atoms with Crippen LogP contribution in [0.15, 0.2) is 54.1 Å². The normalized spacial score (nSPS) is 15.5. The maximum absolute atomic E-state index is 12.8. The summed E-state index contributed by atoms with van der Waals surface area (Å²) in [6.45, 7) is 2.28. The van der Waals surface area contributed by atoms with Crippen LogP contribution >= 0.6 is 0 Å². The Hall–Kier alpha value is -4.01. The van der Waals surface area contributed by atoms with Crippen molar-refractivity contribution in [2.24, 2.45) is 0 Å². The number of imide groups is 2. The summed E-state index contributed by atoms with van der Waals surface area (Å²) in [5.41, 5.74) is -0.0549. The van der Waals surface area contributed by atoms with Crippen molar-refractivity contribution in [3.8, 4) is 5.75 Å². The van der Waals surface area contributed by atoms with E-state index in [1.807, 2.05) is 6.92 Å². The third kappa shape index (κ3) is 3.73. The molecule has 2 aromatic rings. The number of amides is 4.